The monoisotopic (exact) mass is 260 g/mol. The van der Waals surface area contributed by atoms with Crippen molar-refractivity contribution in [2.24, 2.45) is 11.1 Å². The van der Waals surface area contributed by atoms with Gasteiger partial charge in [0, 0.05) is 13.1 Å². The highest BCUT2D eigenvalue weighted by atomic mass is 15.1. The van der Waals surface area contributed by atoms with Crippen LogP contribution in [-0.4, -0.2) is 24.5 Å². The van der Waals surface area contributed by atoms with Gasteiger partial charge in [-0.1, -0.05) is 45.0 Å². The molecule has 0 saturated heterocycles. The Kier molecular flexibility index (Phi) is 4.64. The molecule has 1 aromatic carbocycles. The van der Waals surface area contributed by atoms with Crippen LogP contribution in [0.3, 0.4) is 0 Å². The van der Waals surface area contributed by atoms with Crippen LogP contribution in [0.4, 0.5) is 0 Å². The molecule has 106 valence electrons. The van der Waals surface area contributed by atoms with Crippen molar-refractivity contribution in [3.63, 3.8) is 0 Å². The zero-order chi connectivity index (χ0) is 13.9. The van der Waals surface area contributed by atoms with Crippen molar-refractivity contribution < 1.29 is 0 Å². The third-order valence-electron chi connectivity index (χ3n) is 4.09. The summed E-state index contributed by atoms with van der Waals surface area (Å²) in [5.41, 5.74) is 8.97. The fraction of sp³-hybridized carbons (Fsp3) is 0.647. The third-order valence-corrected chi connectivity index (χ3v) is 4.09. The van der Waals surface area contributed by atoms with Gasteiger partial charge < -0.3 is 5.73 Å². The first-order valence-corrected chi connectivity index (χ1v) is 7.55. The van der Waals surface area contributed by atoms with Gasteiger partial charge in [-0.3, -0.25) is 4.90 Å². The Morgan fingerprint density at radius 1 is 1.21 bits per heavy atom. The number of rotatable bonds is 7. The molecule has 2 nitrogen and oxygen atoms in total. The molecule has 2 heteroatoms. The minimum Gasteiger partial charge on any atom is -0.330 e. The van der Waals surface area contributed by atoms with Crippen LogP contribution in [0.1, 0.15) is 50.7 Å². The maximum Gasteiger partial charge on any atom is 0.0233 e. The van der Waals surface area contributed by atoms with Gasteiger partial charge in [-0.2, -0.15) is 0 Å². The van der Waals surface area contributed by atoms with Crippen molar-refractivity contribution in [3.8, 4) is 0 Å². The summed E-state index contributed by atoms with van der Waals surface area (Å²) in [7, 11) is 0. The largest absolute Gasteiger partial charge is 0.330 e. The highest BCUT2D eigenvalue weighted by molar-refractivity contribution is 5.28. The van der Waals surface area contributed by atoms with Crippen LogP contribution < -0.4 is 5.73 Å². The summed E-state index contributed by atoms with van der Waals surface area (Å²) in [5.74, 6) is 0.854. The van der Waals surface area contributed by atoms with Crippen molar-refractivity contribution in [2.75, 3.05) is 19.6 Å². The lowest BCUT2D eigenvalue weighted by molar-refractivity contribution is 0.183. The lowest BCUT2D eigenvalue weighted by Gasteiger charge is -2.31. The SMILES string of the molecule is CCN(Cc1ccc(C2CC2)cc1)CC(C)(C)CN. The number of hydrogen-bond acceptors (Lipinski definition) is 2. The topological polar surface area (TPSA) is 29.3 Å². The molecule has 1 saturated carbocycles. The minimum atomic E-state index is 0.198. The van der Waals surface area contributed by atoms with Crippen molar-refractivity contribution in [3.05, 3.63) is 35.4 Å². The molecular weight excluding hydrogens is 232 g/mol. The summed E-state index contributed by atoms with van der Waals surface area (Å²) in [6, 6.07) is 9.22. The summed E-state index contributed by atoms with van der Waals surface area (Å²) in [6.07, 6.45) is 2.76. The fourth-order valence-electron chi connectivity index (χ4n) is 2.52. The summed E-state index contributed by atoms with van der Waals surface area (Å²) in [6.45, 7) is 10.6. The second-order valence-electron chi connectivity index (χ2n) is 6.69. The van der Waals surface area contributed by atoms with E-state index < -0.39 is 0 Å². The van der Waals surface area contributed by atoms with Crippen LogP contribution in [0.5, 0.6) is 0 Å². The number of benzene rings is 1. The number of nitrogens with two attached hydrogens (primary N) is 1. The Bertz CT molecular complexity index is 390. The average molecular weight is 260 g/mol. The summed E-state index contributed by atoms with van der Waals surface area (Å²) in [5, 5.41) is 0. The maximum atomic E-state index is 5.84. The molecule has 2 N–H and O–H groups in total. The first-order valence-electron chi connectivity index (χ1n) is 7.55. The van der Waals surface area contributed by atoms with E-state index in [0.29, 0.717) is 0 Å². The molecule has 1 fully saturated rings. The summed E-state index contributed by atoms with van der Waals surface area (Å²) < 4.78 is 0. The predicted octanol–water partition coefficient (Wildman–Crippen LogP) is 3.37. The highest BCUT2D eigenvalue weighted by Gasteiger charge is 2.23. The van der Waals surface area contributed by atoms with E-state index in [1.807, 2.05) is 0 Å². The Labute approximate surface area is 118 Å². The lowest BCUT2D eigenvalue weighted by atomic mass is 9.93. The molecule has 0 radical (unpaired) electrons. The molecule has 1 aliphatic carbocycles. The van der Waals surface area contributed by atoms with E-state index in [-0.39, 0.29) is 5.41 Å². The Hall–Kier alpha value is -0.860. The summed E-state index contributed by atoms with van der Waals surface area (Å²) in [4.78, 5) is 2.49. The Balaban J connectivity index is 1.93. The van der Waals surface area contributed by atoms with Crippen LogP contribution in [0.15, 0.2) is 24.3 Å². The number of hydrogen-bond donors (Lipinski definition) is 1. The molecule has 0 aliphatic heterocycles. The van der Waals surface area contributed by atoms with Gasteiger partial charge >= 0.3 is 0 Å². The van der Waals surface area contributed by atoms with E-state index in [1.165, 1.54) is 24.0 Å². The second kappa shape index (κ2) is 6.06. The molecule has 19 heavy (non-hydrogen) atoms. The van der Waals surface area contributed by atoms with Crippen molar-refractivity contribution in [2.45, 2.75) is 46.1 Å². The smallest absolute Gasteiger partial charge is 0.0233 e. The standard InChI is InChI=1S/C17H28N2/c1-4-19(13-17(2,3)12-18)11-14-5-7-15(8-6-14)16-9-10-16/h5-8,16H,4,9-13,18H2,1-3H3. The van der Waals surface area contributed by atoms with Gasteiger partial charge in [0.1, 0.15) is 0 Å². The van der Waals surface area contributed by atoms with E-state index in [0.717, 1.165) is 32.1 Å². The third kappa shape index (κ3) is 4.32. The Morgan fingerprint density at radius 3 is 2.32 bits per heavy atom. The molecule has 0 aromatic heterocycles. The zero-order valence-electron chi connectivity index (χ0n) is 12.7. The van der Waals surface area contributed by atoms with Gasteiger partial charge in [-0.05, 0) is 48.4 Å². The first-order chi connectivity index (χ1) is 9.04. The lowest BCUT2D eigenvalue weighted by Crippen LogP contribution is -2.38. The molecular formula is C17H28N2. The normalized spacial score (nSPS) is 16.1. The van der Waals surface area contributed by atoms with Crippen molar-refractivity contribution in [1.29, 1.82) is 0 Å². The van der Waals surface area contributed by atoms with Gasteiger partial charge in [0.15, 0.2) is 0 Å². The maximum absolute atomic E-state index is 5.84. The molecule has 0 amide bonds. The molecule has 0 unspecified atom stereocenters. The van der Waals surface area contributed by atoms with Gasteiger partial charge in [0.25, 0.3) is 0 Å². The van der Waals surface area contributed by atoms with Gasteiger partial charge in [0.05, 0.1) is 0 Å². The Morgan fingerprint density at radius 2 is 1.84 bits per heavy atom. The van der Waals surface area contributed by atoms with Crippen LogP contribution in [0, 0.1) is 5.41 Å². The molecule has 1 aromatic rings. The van der Waals surface area contributed by atoms with E-state index in [1.54, 1.807) is 0 Å². The molecule has 2 rings (SSSR count). The van der Waals surface area contributed by atoms with Gasteiger partial charge in [-0.25, -0.2) is 0 Å². The first kappa shape index (κ1) is 14.5. The van der Waals surface area contributed by atoms with Crippen LogP contribution in [-0.2, 0) is 6.54 Å². The zero-order valence-corrected chi connectivity index (χ0v) is 12.7. The minimum absolute atomic E-state index is 0.198. The second-order valence-corrected chi connectivity index (χ2v) is 6.69. The van der Waals surface area contributed by atoms with Crippen LogP contribution in [0.25, 0.3) is 0 Å². The van der Waals surface area contributed by atoms with E-state index in [4.69, 9.17) is 5.73 Å². The van der Waals surface area contributed by atoms with E-state index in [9.17, 15) is 0 Å². The van der Waals surface area contributed by atoms with Crippen molar-refractivity contribution in [1.82, 2.24) is 4.90 Å². The molecule has 0 atom stereocenters. The average Bonchev–Trinajstić information content (AvgIpc) is 3.23. The fourth-order valence-corrected chi connectivity index (χ4v) is 2.52. The molecule has 0 spiro atoms. The van der Waals surface area contributed by atoms with E-state index >= 15 is 0 Å². The van der Waals surface area contributed by atoms with Crippen LogP contribution in [0.2, 0.25) is 0 Å². The van der Waals surface area contributed by atoms with Crippen molar-refractivity contribution >= 4 is 0 Å². The highest BCUT2D eigenvalue weighted by Crippen LogP contribution is 2.39. The number of nitrogens with zero attached hydrogens (tertiary/aromatic N) is 1. The predicted molar refractivity (Wildman–Crippen MR) is 82.2 cm³/mol. The summed E-state index contributed by atoms with van der Waals surface area (Å²) >= 11 is 0. The molecule has 0 bridgehead atoms. The molecule has 1 aliphatic rings. The molecule has 0 heterocycles. The van der Waals surface area contributed by atoms with Gasteiger partial charge in [0.2, 0.25) is 0 Å². The van der Waals surface area contributed by atoms with E-state index in [2.05, 4.69) is 49.9 Å². The van der Waals surface area contributed by atoms with Gasteiger partial charge in [-0.15, -0.1) is 0 Å². The quantitative estimate of drug-likeness (QED) is 0.814. The van der Waals surface area contributed by atoms with Crippen LogP contribution >= 0.6 is 0 Å².